The number of ether oxygens (including phenoxy) is 1. The van der Waals surface area contributed by atoms with Gasteiger partial charge in [-0.05, 0) is 37.5 Å². The van der Waals surface area contributed by atoms with E-state index in [1.165, 1.54) is 0 Å². The molecule has 0 atom stereocenters. The predicted molar refractivity (Wildman–Crippen MR) is 69.8 cm³/mol. The summed E-state index contributed by atoms with van der Waals surface area (Å²) < 4.78 is 31.6. The highest BCUT2D eigenvalue weighted by molar-refractivity contribution is 7.89. The van der Waals surface area contributed by atoms with Gasteiger partial charge in [0.2, 0.25) is 10.0 Å². The van der Waals surface area contributed by atoms with Gasteiger partial charge in [0.25, 0.3) is 0 Å². The highest BCUT2D eigenvalue weighted by Crippen LogP contribution is 2.21. The third-order valence-corrected chi connectivity index (χ3v) is 4.97. The molecule has 0 spiro atoms. The van der Waals surface area contributed by atoms with Crippen LogP contribution < -0.4 is 0 Å². The van der Waals surface area contributed by atoms with Crippen LogP contribution in [0.5, 0.6) is 0 Å². The van der Waals surface area contributed by atoms with E-state index < -0.39 is 10.0 Å². The maximum absolute atomic E-state index is 12.3. The molecular formula is C13H19NO3S. The van der Waals surface area contributed by atoms with Crippen molar-refractivity contribution in [1.29, 1.82) is 0 Å². The van der Waals surface area contributed by atoms with Crippen LogP contribution in [0.2, 0.25) is 0 Å². The minimum Gasteiger partial charge on any atom is -0.377 e. The Labute approximate surface area is 109 Å². The number of sulfonamides is 1. The average Bonchev–Trinajstić information content (AvgIpc) is 2.91. The molecule has 0 aliphatic carbocycles. The first-order valence-electron chi connectivity index (χ1n) is 6.31. The van der Waals surface area contributed by atoms with Crippen molar-refractivity contribution in [3.63, 3.8) is 0 Å². The van der Waals surface area contributed by atoms with E-state index in [1.807, 2.05) is 13.0 Å². The third kappa shape index (κ3) is 2.91. The fourth-order valence-electron chi connectivity index (χ4n) is 2.09. The van der Waals surface area contributed by atoms with Crippen LogP contribution in [0.4, 0.5) is 0 Å². The molecule has 0 unspecified atom stereocenters. The van der Waals surface area contributed by atoms with Gasteiger partial charge in [-0.1, -0.05) is 12.1 Å². The molecule has 0 saturated carbocycles. The average molecular weight is 269 g/mol. The fourth-order valence-corrected chi connectivity index (χ4v) is 3.68. The van der Waals surface area contributed by atoms with Crippen molar-refractivity contribution in [2.75, 3.05) is 19.7 Å². The van der Waals surface area contributed by atoms with Crippen LogP contribution in [-0.4, -0.2) is 32.4 Å². The Kier molecular flexibility index (Phi) is 4.37. The molecule has 0 bridgehead atoms. The highest BCUT2D eigenvalue weighted by atomic mass is 32.2. The van der Waals surface area contributed by atoms with Crippen LogP contribution in [0, 0.1) is 0 Å². The van der Waals surface area contributed by atoms with Crippen LogP contribution in [0.1, 0.15) is 25.3 Å². The quantitative estimate of drug-likeness (QED) is 0.821. The Morgan fingerprint density at radius 2 is 2.00 bits per heavy atom. The van der Waals surface area contributed by atoms with E-state index in [4.69, 9.17) is 4.74 Å². The number of rotatable bonds is 5. The van der Waals surface area contributed by atoms with E-state index in [-0.39, 0.29) is 0 Å². The first-order chi connectivity index (χ1) is 8.64. The molecule has 0 radical (unpaired) electrons. The predicted octanol–water partition coefficient (Wildman–Crippen LogP) is 2.01. The lowest BCUT2D eigenvalue weighted by molar-refractivity contribution is 0.134. The lowest BCUT2D eigenvalue weighted by atomic mass is 10.2. The first-order valence-corrected chi connectivity index (χ1v) is 7.75. The first kappa shape index (κ1) is 13.5. The van der Waals surface area contributed by atoms with Crippen LogP contribution in [0.3, 0.4) is 0 Å². The lowest BCUT2D eigenvalue weighted by Gasteiger charge is -2.16. The molecule has 5 heteroatoms. The molecule has 1 heterocycles. The molecule has 1 saturated heterocycles. The van der Waals surface area contributed by atoms with Gasteiger partial charge < -0.3 is 4.74 Å². The summed E-state index contributed by atoms with van der Waals surface area (Å²) >= 11 is 0. The highest BCUT2D eigenvalue weighted by Gasteiger charge is 2.27. The molecule has 1 fully saturated rings. The molecule has 0 aromatic heterocycles. The van der Waals surface area contributed by atoms with Gasteiger partial charge in [-0.2, -0.15) is 4.31 Å². The Bertz CT molecular complexity index is 493. The summed E-state index contributed by atoms with van der Waals surface area (Å²) in [5.41, 5.74) is 0.900. The Balaban J connectivity index is 2.21. The van der Waals surface area contributed by atoms with Crippen molar-refractivity contribution < 1.29 is 13.2 Å². The zero-order valence-corrected chi connectivity index (χ0v) is 11.4. The monoisotopic (exact) mass is 269 g/mol. The fraction of sp³-hybridized carbons (Fsp3) is 0.538. The number of hydrogen-bond donors (Lipinski definition) is 0. The molecule has 1 aliphatic rings. The molecule has 4 nitrogen and oxygen atoms in total. The van der Waals surface area contributed by atoms with Gasteiger partial charge in [0.15, 0.2) is 0 Å². The number of hydrogen-bond acceptors (Lipinski definition) is 3. The van der Waals surface area contributed by atoms with Gasteiger partial charge in [-0.3, -0.25) is 0 Å². The van der Waals surface area contributed by atoms with Gasteiger partial charge >= 0.3 is 0 Å². The van der Waals surface area contributed by atoms with Crippen molar-refractivity contribution in [2.24, 2.45) is 0 Å². The van der Waals surface area contributed by atoms with Gasteiger partial charge in [-0.25, -0.2) is 8.42 Å². The standard InChI is InChI=1S/C13H19NO3S/c1-2-17-11-12-6-5-7-13(10-12)18(15,16)14-8-3-4-9-14/h5-7,10H,2-4,8-9,11H2,1H3. The van der Waals surface area contributed by atoms with Gasteiger partial charge in [0.1, 0.15) is 0 Å². The molecule has 18 heavy (non-hydrogen) atoms. The molecule has 1 aromatic carbocycles. The van der Waals surface area contributed by atoms with Gasteiger partial charge in [0.05, 0.1) is 11.5 Å². The van der Waals surface area contributed by atoms with Crippen LogP contribution >= 0.6 is 0 Å². The summed E-state index contributed by atoms with van der Waals surface area (Å²) in [7, 11) is -3.31. The van der Waals surface area contributed by atoms with E-state index in [2.05, 4.69) is 0 Å². The van der Waals surface area contributed by atoms with Gasteiger partial charge in [0, 0.05) is 19.7 Å². The minimum absolute atomic E-state index is 0.376. The van der Waals surface area contributed by atoms with Gasteiger partial charge in [-0.15, -0.1) is 0 Å². The van der Waals surface area contributed by atoms with Crippen LogP contribution in [0.25, 0.3) is 0 Å². The Morgan fingerprint density at radius 3 is 2.67 bits per heavy atom. The lowest BCUT2D eigenvalue weighted by Crippen LogP contribution is -2.27. The zero-order valence-electron chi connectivity index (χ0n) is 10.6. The van der Waals surface area contributed by atoms with Crippen LogP contribution in [-0.2, 0) is 21.4 Å². The summed E-state index contributed by atoms with van der Waals surface area (Å²) in [5, 5.41) is 0. The van der Waals surface area contributed by atoms with E-state index in [9.17, 15) is 8.42 Å². The van der Waals surface area contributed by atoms with Crippen LogP contribution in [0.15, 0.2) is 29.2 Å². The second kappa shape index (κ2) is 5.82. The Hall–Kier alpha value is -0.910. The Morgan fingerprint density at radius 1 is 1.28 bits per heavy atom. The van der Waals surface area contributed by atoms with Crippen molar-refractivity contribution in [1.82, 2.24) is 4.31 Å². The molecular weight excluding hydrogens is 250 g/mol. The molecule has 1 aliphatic heterocycles. The topological polar surface area (TPSA) is 46.6 Å². The van der Waals surface area contributed by atoms with E-state index in [1.54, 1.807) is 22.5 Å². The smallest absolute Gasteiger partial charge is 0.243 e. The normalized spacial score (nSPS) is 17.2. The molecule has 100 valence electrons. The summed E-state index contributed by atoms with van der Waals surface area (Å²) in [4.78, 5) is 0.376. The molecule has 1 aromatic rings. The summed E-state index contributed by atoms with van der Waals surface area (Å²) in [6, 6.07) is 7.03. The molecule has 0 amide bonds. The van der Waals surface area contributed by atoms with E-state index in [0.29, 0.717) is 31.2 Å². The number of nitrogens with zero attached hydrogens (tertiary/aromatic N) is 1. The van der Waals surface area contributed by atoms with E-state index >= 15 is 0 Å². The van der Waals surface area contributed by atoms with Crippen molar-refractivity contribution in [2.45, 2.75) is 31.3 Å². The molecule has 0 N–H and O–H groups in total. The summed E-state index contributed by atoms with van der Waals surface area (Å²) in [6.45, 7) is 4.28. The van der Waals surface area contributed by atoms with E-state index in [0.717, 1.165) is 18.4 Å². The SMILES string of the molecule is CCOCc1cccc(S(=O)(=O)N2CCCC2)c1. The number of benzene rings is 1. The van der Waals surface area contributed by atoms with Crippen molar-refractivity contribution in [3.05, 3.63) is 29.8 Å². The maximum Gasteiger partial charge on any atom is 0.243 e. The zero-order chi connectivity index (χ0) is 13.0. The summed E-state index contributed by atoms with van der Waals surface area (Å²) in [5.74, 6) is 0. The van der Waals surface area contributed by atoms with Crippen molar-refractivity contribution >= 4 is 10.0 Å². The second-order valence-electron chi connectivity index (χ2n) is 4.40. The third-order valence-electron chi connectivity index (χ3n) is 3.07. The maximum atomic E-state index is 12.3. The minimum atomic E-state index is -3.31. The molecule has 2 rings (SSSR count). The summed E-state index contributed by atoms with van der Waals surface area (Å²) in [6.07, 6.45) is 1.91. The second-order valence-corrected chi connectivity index (χ2v) is 6.33. The van der Waals surface area contributed by atoms with Crippen molar-refractivity contribution in [3.8, 4) is 0 Å². The largest absolute Gasteiger partial charge is 0.377 e.